The van der Waals surface area contributed by atoms with Crippen molar-refractivity contribution in [2.45, 2.75) is 56.6 Å². The Kier molecular flexibility index (Phi) is 3.63. The summed E-state index contributed by atoms with van der Waals surface area (Å²) >= 11 is 1.85. The van der Waals surface area contributed by atoms with Crippen LogP contribution in [-0.2, 0) is 14.9 Å². The highest BCUT2D eigenvalue weighted by Gasteiger charge is 2.39. The van der Waals surface area contributed by atoms with Crippen molar-refractivity contribution in [2.75, 3.05) is 6.54 Å². The summed E-state index contributed by atoms with van der Waals surface area (Å²) < 4.78 is 5.21. The molecule has 3 nitrogen and oxygen atoms in total. The lowest BCUT2D eigenvalue weighted by atomic mass is 9.84. The first-order valence-electron chi connectivity index (χ1n) is 7.17. The molecule has 19 heavy (non-hydrogen) atoms. The highest BCUT2D eigenvalue weighted by Crippen LogP contribution is 2.42. The number of ether oxygens (including phenoxy) is 1. The van der Waals surface area contributed by atoms with Crippen LogP contribution in [0.15, 0.2) is 17.5 Å². The zero-order chi connectivity index (χ0) is 13.3. The molecule has 0 radical (unpaired) electrons. The standard InChI is InChI=1S/C15H21NO2S/c1-11-9-12(14(17)18-11)16-10-15(6-2-3-7-15)13-5-4-8-19-13/h4-5,8,11-12,16H,2-3,6-7,9-10H2,1H3/t11-,12-/m0/s1. The number of carbonyl (C=O) groups is 1. The van der Waals surface area contributed by atoms with E-state index in [9.17, 15) is 4.79 Å². The summed E-state index contributed by atoms with van der Waals surface area (Å²) in [6.45, 7) is 2.87. The van der Waals surface area contributed by atoms with Crippen LogP contribution in [0.4, 0.5) is 0 Å². The van der Waals surface area contributed by atoms with Gasteiger partial charge in [0.1, 0.15) is 12.1 Å². The molecule has 1 aliphatic heterocycles. The summed E-state index contributed by atoms with van der Waals surface area (Å²) in [6.07, 6.45) is 5.93. The van der Waals surface area contributed by atoms with Gasteiger partial charge in [-0.15, -0.1) is 11.3 Å². The van der Waals surface area contributed by atoms with Gasteiger partial charge in [0, 0.05) is 23.3 Å². The minimum Gasteiger partial charge on any atom is -0.461 e. The number of carbonyl (C=O) groups excluding carboxylic acids is 1. The number of thiophene rings is 1. The Labute approximate surface area is 118 Å². The third-order valence-corrected chi connectivity index (χ3v) is 5.58. The van der Waals surface area contributed by atoms with Gasteiger partial charge in [-0.05, 0) is 31.2 Å². The van der Waals surface area contributed by atoms with Gasteiger partial charge in [0.15, 0.2) is 0 Å². The van der Waals surface area contributed by atoms with E-state index in [0.29, 0.717) is 0 Å². The number of hydrogen-bond donors (Lipinski definition) is 1. The first kappa shape index (κ1) is 13.1. The fraction of sp³-hybridized carbons (Fsp3) is 0.667. The van der Waals surface area contributed by atoms with Crippen LogP contribution in [0.5, 0.6) is 0 Å². The van der Waals surface area contributed by atoms with E-state index in [1.165, 1.54) is 30.6 Å². The third kappa shape index (κ3) is 2.56. The van der Waals surface area contributed by atoms with E-state index < -0.39 is 0 Å². The molecule has 1 saturated heterocycles. The van der Waals surface area contributed by atoms with E-state index in [0.717, 1.165) is 13.0 Å². The molecule has 1 aromatic heterocycles. The fourth-order valence-corrected chi connectivity index (χ4v) is 4.37. The van der Waals surface area contributed by atoms with E-state index in [-0.39, 0.29) is 23.5 Å². The Balaban J connectivity index is 1.68. The topological polar surface area (TPSA) is 38.3 Å². The van der Waals surface area contributed by atoms with Crippen molar-refractivity contribution < 1.29 is 9.53 Å². The van der Waals surface area contributed by atoms with Crippen molar-refractivity contribution in [2.24, 2.45) is 0 Å². The molecule has 0 amide bonds. The maximum atomic E-state index is 11.7. The molecule has 0 unspecified atom stereocenters. The second-order valence-electron chi connectivity index (χ2n) is 5.88. The molecule has 1 N–H and O–H groups in total. The van der Waals surface area contributed by atoms with Crippen LogP contribution in [-0.4, -0.2) is 24.7 Å². The van der Waals surface area contributed by atoms with Gasteiger partial charge >= 0.3 is 5.97 Å². The monoisotopic (exact) mass is 279 g/mol. The zero-order valence-corrected chi connectivity index (χ0v) is 12.2. The van der Waals surface area contributed by atoms with Crippen LogP contribution in [0.1, 0.15) is 43.9 Å². The lowest BCUT2D eigenvalue weighted by Gasteiger charge is -2.29. The highest BCUT2D eigenvalue weighted by atomic mass is 32.1. The average molecular weight is 279 g/mol. The molecule has 104 valence electrons. The highest BCUT2D eigenvalue weighted by molar-refractivity contribution is 7.10. The molecule has 2 heterocycles. The SMILES string of the molecule is C[C@H]1C[C@H](NCC2(c3cccs3)CCCC2)C(=O)O1. The van der Waals surface area contributed by atoms with Crippen molar-refractivity contribution in [1.82, 2.24) is 5.32 Å². The molecular formula is C15H21NO2S. The Morgan fingerprint density at radius 2 is 2.26 bits per heavy atom. The lowest BCUT2D eigenvalue weighted by molar-refractivity contribution is -0.142. The Bertz CT molecular complexity index is 437. The van der Waals surface area contributed by atoms with Crippen molar-refractivity contribution in [1.29, 1.82) is 0 Å². The van der Waals surface area contributed by atoms with E-state index in [2.05, 4.69) is 22.8 Å². The Morgan fingerprint density at radius 3 is 2.84 bits per heavy atom. The molecule has 2 aliphatic rings. The van der Waals surface area contributed by atoms with Crippen molar-refractivity contribution in [3.8, 4) is 0 Å². The summed E-state index contributed by atoms with van der Waals surface area (Å²) in [5.74, 6) is -0.0770. The first-order chi connectivity index (χ1) is 9.20. The minimum absolute atomic E-state index is 0.0614. The molecule has 0 aromatic carbocycles. The van der Waals surface area contributed by atoms with Crippen LogP contribution >= 0.6 is 11.3 Å². The van der Waals surface area contributed by atoms with E-state index in [4.69, 9.17) is 4.74 Å². The molecule has 2 atom stereocenters. The molecular weight excluding hydrogens is 258 g/mol. The van der Waals surface area contributed by atoms with Gasteiger partial charge in [-0.25, -0.2) is 0 Å². The maximum Gasteiger partial charge on any atom is 0.323 e. The predicted molar refractivity (Wildman–Crippen MR) is 76.4 cm³/mol. The molecule has 1 aliphatic carbocycles. The van der Waals surface area contributed by atoms with Crippen LogP contribution in [0, 0.1) is 0 Å². The summed E-state index contributed by atoms with van der Waals surface area (Å²) in [5, 5.41) is 5.62. The number of cyclic esters (lactones) is 1. The lowest BCUT2D eigenvalue weighted by Crippen LogP contribution is -2.42. The van der Waals surface area contributed by atoms with Crippen LogP contribution in [0.25, 0.3) is 0 Å². The van der Waals surface area contributed by atoms with Crippen LogP contribution < -0.4 is 5.32 Å². The zero-order valence-electron chi connectivity index (χ0n) is 11.4. The summed E-state index contributed by atoms with van der Waals surface area (Å²) in [6, 6.07) is 4.27. The van der Waals surface area contributed by atoms with Gasteiger partial charge in [-0.3, -0.25) is 4.79 Å². The van der Waals surface area contributed by atoms with Gasteiger partial charge in [-0.1, -0.05) is 18.9 Å². The van der Waals surface area contributed by atoms with Gasteiger partial charge in [0.25, 0.3) is 0 Å². The predicted octanol–water partition coefficient (Wildman–Crippen LogP) is 2.85. The molecule has 3 rings (SSSR count). The summed E-state index contributed by atoms with van der Waals surface area (Å²) in [5.41, 5.74) is 0.250. The normalized spacial score (nSPS) is 29.6. The summed E-state index contributed by atoms with van der Waals surface area (Å²) in [7, 11) is 0. The minimum atomic E-state index is -0.104. The molecule has 1 saturated carbocycles. The first-order valence-corrected chi connectivity index (χ1v) is 8.05. The van der Waals surface area contributed by atoms with E-state index in [1.807, 2.05) is 18.3 Å². The van der Waals surface area contributed by atoms with E-state index >= 15 is 0 Å². The van der Waals surface area contributed by atoms with Gasteiger partial charge in [-0.2, -0.15) is 0 Å². The second-order valence-corrected chi connectivity index (χ2v) is 6.83. The van der Waals surface area contributed by atoms with Gasteiger partial charge < -0.3 is 10.1 Å². The van der Waals surface area contributed by atoms with Crippen molar-refractivity contribution in [3.05, 3.63) is 22.4 Å². The van der Waals surface area contributed by atoms with Crippen LogP contribution in [0.3, 0.4) is 0 Å². The maximum absolute atomic E-state index is 11.7. The molecule has 0 bridgehead atoms. The van der Waals surface area contributed by atoms with Crippen molar-refractivity contribution >= 4 is 17.3 Å². The smallest absolute Gasteiger partial charge is 0.323 e. The van der Waals surface area contributed by atoms with Crippen LogP contribution in [0.2, 0.25) is 0 Å². The molecule has 0 spiro atoms. The molecule has 4 heteroatoms. The average Bonchev–Trinajstić information content (AvgIpc) is 3.07. The third-order valence-electron chi connectivity index (χ3n) is 4.46. The van der Waals surface area contributed by atoms with Gasteiger partial charge in [0.2, 0.25) is 0 Å². The summed E-state index contributed by atoms with van der Waals surface area (Å²) in [4.78, 5) is 13.2. The Hall–Kier alpha value is -0.870. The number of rotatable bonds is 4. The largest absolute Gasteiger partial charge is 0.461 e. The van der Waals surface area contributed by atoms with E-state index in [1.54, 1.807) is 0 Å². The van der Waals surface area contributed by atoms with Gasteiger partial charge in [0.05, 0.1) is 0 Å². The Morgan fingerprint density at radius 1 is 1.47 bits per heavy atom. The number of esters is 1. The quantitative estimate of drug-likeness (QED) is 0.861. The fourth-order valence-electron chi connectivity index (χ4n) is 3.38. The number of hydrogen-bond acceptors (Lipinski definition) is 4. The van der Waals surface area contributed by atoms with Crippen molar-refractivity contribution in [3.63, 3.8) is 0 Å². The molecule has 1 aromatic rings. The second kappa shape index (κ2) is 5.25. The number of nitrogens with one attached hydrogen (secondary N) is 1. The molecule has 2 fully saturated rings.